The largest absolute Gasteiger partial charge is 0.478 e. The summed E-state index contributed by atoms with van der Waals surface area (Å²) in [5, 5.41) is 11.1. The highest BCUT2D eigenvalue weighted by atomic mass is 16.7. The summed E-state index contributed by atoms with van der Waals surface area (Å²) in [6.07, 6.45) is 0. The quantitative estimate of drug-likeness (QED) is 0.562. The average molecular weight is 194 g/mol. The second kappa shape index (κ2) is 4.13. The SMILES string of the molecule is N=NOC(=O)c1ccccc1C(=O)O. The van der Waals surface area contributed by atoms with Crippen LogP contribution in [0.2, 0.25) is 0 Å². The number of carbonyl (C=O) groups is 2. The molecule has 0 fully saturated rings. The maximum absolute atomic E-state index is 11.1. The normalized spacial score (nSPS) is 9.14. The van der Waals surface area contributed by atoms with Crippen molar-refractivity contribution in [1.29, 1.82) is 5.53 Å². The number of nitrogens with zero attached hydrogens (tertiary/aromatic N) is 1. The minimum atomic E-state index is -1.23. The monoisotopic (exact) mass is 194 g/mol. The highest BCUT2D eigenvalue weighted by Gasteiger charge is 2.16. The van der Waals surface area contributed by atoms with Crippen LogP contribution in [0.15, 0.2) is 29.5 Å². The highest BCUT2D eigenvalue weighted by molar-refractivity contribution is 6.02. The molecule has 0 unspecified atom stereocenters. The minimum Gasteiger partial charge on any atom is -0.478 e. The van der Waals surface area contributed by atoms with Gasteiger partial charge in [-0.25, -0.2) is 9.59 Å². The van der Waals surface area contributed by atoms with Crippen LogP contribution in [0.3, 0.4) is 0 Å². The molecule has 0 saturated heterocycles. The van der Waals surface area contributed by atoms with Gasteiger partial charge in [-0.05, 0) is 12.1 Å². The molecular formula is C8H6N2O4. The van der Waals surface area contributed by atoms with E-state index in [2.05, 4.69) is 10.1 Å². The minimum absolute atomic E-state index is 0.129. The molecule has 14 heavy (non-hydrogen) atoms. The van der Waals surface area contributed by atoms with E-state index in [9.17, 15) is 9.59 Å². The number of nitrogens with one attached hydrogen (secondary N) is 1. The number of benzene rings is 1. The Morgan fingerprint density at radius 2 is 1.86 bits per heavy atom. The Morgan fingerprint density at radius 3 is 2.36 bits per heavy atom. The first-order valence-corrected chi connectivity index (χ1v) is 3.57. The van der Waals surface area contributed by atoms with Gasteiger partial charge in [0.15, 0.2) is 0 Å². The van der Waals surface area contributed by atoms with Gasteiger partial charge in [0.25, 0.3) is 0 Å². The van der Waals surface area contributed by atoms with Gasteiger partial charge in [-0.1, -0.05) is 12.1 Å². The lowest BCUT2D eigenvalue weighted by Gasteiger charge is -2.00. The third kappa shape index (κ3) is 1.92. The molecule has 0 heterocycles. The Bertz CT molecular complexity index is 389. The lowest BCUT2D eigenvalue weighted by atomic mass is 10.1. The van der Waals surface area contributed by atoms with Crippen molar-refractivity contribution in [2.45, 2.75) is 0 Å². The summed E-state index contributed by atoms with van der Waals surface area (Å²) in [5.41, 5.74) is 5.99. The van der Waals surface area contributed by atoms with E-state index in [1.54, 1.807) is 0 Å². The number of carboxylic acid groups (broad SMARTS) is 1. The zero-order chi connectivity index (χ0) is 10.6. The average Bonchev–Trinajstić information content (AvgIpc) is 2.18. The van der Waals surface area contributed by atoms with Gasteiger partial charge in [0.2, 0.25) is 0 Å². The van der Waals surface area contributed by atoms with Gasteiger partial charge in [-0.2, -0.15) is 5.53 Å². The van der Waals surface area contributed by atoms with E-state index in [-0.39, 0.29) is 11.1 Å². The Balaban J connectivity index is 3.12. The van der Waals surface area contributed by atoms with Crippen LogP contribution in [0.5, 0.6) is 0 Å². The van der Waals surface area contributed by atoms with Crippen LogP contribution in [0, 0.1) is 5.53 Å². The molecule has 1 rings (SSSR count). The summed E-state index contributed by atoms with van der Waals surface area (Å²) in [6.45, 7) is 0. The van der Waals surface area contributed by atoms with E-state index < -0.39 is 11.9 Å². The first-order valence-electron chi connectivity index (χ1n) is 3.57. The number of rotatable bonds is 3. The van der Waals surface area contributed by atoms with Gasteiger partial charge in [-0.3, -0.25) is 4.84 Å². The number of aromatic carboxylic acids is 1. The Hall–Kier alpha value is -2.24. The van der Waals surface area contributed by atoms with Crippen molar-refractivity contribution in [3.63, 3.8) is 0 Å². The molecule has 0 bridgehead atoms. The van der Waals surface area contributed by atoms with E-state index >= 15 is 0 Å². The van der Waals surface area contributed by atoms with Gasteiger partial charge in [0.05, 0.1) is 11.1 Å². The van der Waals surface area contributed by atoms with E-state index in [1.807, 2.05) is 0 Å². The standard InChI is InChI=1S/C8H6N2O4/c9-10-14-8(13)6-4-2-1-3-5(6)7(11)12/h1-4,9H,(H,11,12). The lowest BCUT2D eigenvalue weighted by molar-refractivity contribution is 0.0457. The van der Waals surface area contributed by atoms with Gasteiger partial charge < -0.3 is 5.11 Å². The first-order chi connectivity index (χ1) is 6.66. The number of carbonyl (C=O) groups excluding carboxylic acids is 1. The maximum Gasteiger partial charge on any atom is 0.368 e. The molecule has 72 valence electrons. The molecule has 0 aliphatic carbocycles. The zero-order valence-corrected chi connectivity index (χ0v) is 6.93. The number of carboxylic acids is 1. The highest BCUT2D eigenvalue weighted by Crippen LogP contribution is 2.10. The van der Waals surface area contributed by atoms with Gasteiger partial charge in [-0.15, -0.1) is 0 Å². The molecule has 0 aromatic heterocycles. The van der Waals surface area contributed by atoms with Crippen LogP contribution in [0.1, 0.15) is 20.7 Å². The zero-order valence-electron chi connectivity index (χ0n) is 6.93. The molecule has 0 aliphatic heterocycles. The van der Waals surface area contributed by atoms with Crippen LogP contribution >= 0.6 is 0 Å². The van der Waals surface area contributed by atoms with Crippen molar-refractivity contribution in [1.82, 2.24) is 0 Å². The van der Waals surface area contributed by atoms with Crippen molar-refractivity contribution in [3.8, 4) is 0 Å². The van der Waals surface area contributed by atoms with Crippen molar-refractivity contribution in [2.75, 3.05) is 0 Å². The van der Waals surface area contributed by atoms with Crippen LogP contribution in [-0.4, -0.2) is 17.0 Å². The van der Waals surface area contributed by atoms with Crippen molar-refractivity contribution in [2.24, 2.45) is 5.28 Å². The smallest absolute Gasteiger partial charge is 0.368 e. The third-order valence-electron chi connectivity index (χ3n) is 1.51. The summed E-state index contributed by atoms with van der Waals surface area (Å²) in [6, 6.07) is 5.53. The van der Waals surface area contributed by atoms with E-state index in [0.29, 0.717) is 0 Å². The van der Waals surface area contributed by atoms with Crippen molar-refractivity contribution in [3.05, 3.63) is 35.4 Å². The number of hydrogen-bond acceptors (Lipinski definition) is 5. The Kier molecular flexibility index (Phi) is 2.90. The molecule has 0 saturated carbocycles. The van der Waals surface area contributed by atoms with Crippen LogP contribution in [0.25, 0.3) is 0 Å². The molecule has 6 nitrogen and oxygen atoms in total. The van der Waals surface area contributed by atoms with Crippen molar-refractivity contribution >= 4 is 11.9 Å². The summed E-state index contributed by atoms with van der Waals surface area (Å²) in [7, 11) is 0. The fraction of sp³-hybridized carbons (Fsp3) is 0. The Morgan fingerprint density at radius 1 is 1.29 bits per heavy atom. The molecule has 2 N–H and O–H groups in total. The summed E-state index contributed by atoms with van der Waals surface area (Å²) in [5.74, 6) is -2.19. The third-order valence-corrected chi connectivity index (χ3v) is 1.51. The van der Waals surface area contributed by atoms with E-state index in [1.165, 1.54) is 24.3 Å². The summed E-state index contributed by atoms with van der Waals surface area (Å²) in [4.78, 5) is 25.7. The molecule has 0 aliphatic rings. The maximum atomic E-state index is 11.1. The van der Waals surface area contributed by atoms with Crippen LogP contribution < -0.4 is 0 Å². The molecule has 0 atom stereocenters. The fourth-order valence-electron chi connectivity index (χ4n) is 0.938. The lowest BCUT2D eigenvalue weighted by Crippen LogP contribution is -2.08. The molecule has 6 heteroatoms. The molecule has 0 amide bonds. The summed E-state index contributed by atoms with van der Waals surface area (Å²) >= 11 is 0. The van der Waals surface area contributed by atoms with Crippen molar-refractivity contribution < 1.29 is 19.5 Å². The van der Waals surface area contributed by atoms with Gasteiger partial charge in [0.1, 0.15) is 0 Å². The molecule has 0 radical (unpaired) electrons. The van der Waals surface area contributed by atoms with Gasteiger partial charge >= 0.3 is 11.9 Å². The molecule has 1 aromatic carbocycles. The number of hydrogen-bond donors (Lipinski definition) is 2. The molecule has 0 spiro atoms. The molecule has 1 aromatic rings. The fourth-order valence-corrected chi connectivity index (χ4v) is 0.938. The predicted octanol–water partition coefficient (Wildman–Crippen LogP) is 1.49. The second-order valence-electron chi connectivity index (χ2n) is 2.32. The predicted molar refractivity (Wildman–Crippen MR) is 44.0 cm³/mol. The molecular weight excluding hydrogens is 188 g/mol. The summed E-state index contributed by atoms with van der Waals surface area (Å²) < 4.78 is 0. The second-order valence-corrected chi connectivity index (χ2v) is 2.32. The van der Waals surface area contributed by atoms with E-state index in [0.717, 1.165) is 0 Å². The van der Waals surface area contributed by atoms with Crippen LogP contribution in [-0.2, 0) is 4.84 Å². The van der Waals surface area contributed by atoms with Crippen LogP contribution in [0.4, 0.5) is 0 Å². The first kappa shape index (κ1) is 9.85. The topological polar surface area (TPSA) is 99.8 Å². The van der Waals surface area contributed by atoms with E-state index in [4.69, 9.17) is 10.6 Å². The Labute approximate surface area is 78.6 Å². The van der Waals surface area contributed by atoms with Gasteiger partial charge in [0, 0.05) is 5.28 Å².